The predicted molar refractivity (Wildman–Crippen MR) is 101 cm³/mol. The van der Waals surface area contributed by atoms with Gasteiger partial charge < -0.3 is 25.8 Å². The van der Waals surface area contributed by atoms with E-state index >= 15 is 0 Å². The van der Waals surface area contributed by atoms with Crippen LogP contribution in [-0.4, -0.2) is 59.0 Å². The van der Waals surface area contributed by atoms with Gasteiger partial charge in [0, 0.05) is 0 Å². The molecule has 0 fully saturated rings. The Bertz CT molecular complexity index is 626. The summed E-state index contributed by atoms with van der Waals surface area (Å²) in [7, 11) is 0. The van der Waals surface area contributed by atoms with E-state index in [1.54, 1.807) is 0 Å². The summed E-state index contributed by atoms with van der Waals surface area (Å²) in [5.74, 6) is -2.79. The van der Waals surface area contributed by atoms with Crippen LogP contribution in [0.2, 0.25) is 0 Å². The van der Waals surface area contributed by atoms with Gasteiger partial charge in [-0.25, -0.2) is 0 Å². The van der Waals surface area contributed by atoms with Gasteiger partial charge in [0.15, 0.2) is 0 Å². The number of rotatable bonds is 11. The van der Waals surface area contributed by atoms with E-state index in [1.807, 2.05) is 52.9 Å². The Kier molecular flexibility index (Phi) is 10.2. The molecule has 142 valence electrons. The number of alkyl halides is 1. The van der Waals surface area contributed by atoms with E-state index in [0.717, 1.165) is 5.56 Å². The van der Waals surface area contributed by atoms with E-state index < -0.39 is 30.4 Å². The molecule has 0 bridgehead atoms. The Morgan fingerprint density at radius 1 is 1.04 bits per heavy atom. The van der Waals surface area contributed by atoms with Crippen LogP contribution in [0.4, 0.5) is 0 Å². The van der Waals surface area contributed by atoms with E-state index in [4.69, 9.17) is 9.84 Å². The standard InChI is InChI=1S/C16H20IN3O6/c17-6-13(21)18-7-14(22)20-12(16(25)19-8-15(23)24)10-26-9-11-4-2-1-3-5-11/h1-5,12H,6-10H2,(H,18,21)(H,19,25)(H,20,22)(H,23,24)/i1+1,2+1,3+1,4+1,5+1,9+1,11+1. The second kappa shape index (κ2) is 12.2. The summed E-state index contributed by atoms with van der Waals surface area (Å²) in [6.45, 7) is -0.782. The lowest BCUT2D eigenvalue weighted by Gasteiger charge is -2.18. The number of hydrogen-bond donors (Lipinski definition) is 4. The highest BCUT2D eigenvalue weighted by molar-refractivity contribution is 14.1. The molecule has 10 heteroatoms. The van der Waals surface area contributed by atoms with Crippen LogP contribution in [0.3, 0.4) is 0 Å². The number of ether oxygens (including phenoxy) is 1. The maximum atomic E-state index is 12.1. The van der Waals surface area contributed by atoms with Crippen molar-refractivity contribution in [3.8, 4) is 0 Å². The van der Waals surface area contributed by atoms with Crippen molar-refractivity contribution in [2.24, 2.45) is 0 Å². The minimum Gasteiger partial charge on any atom is -0.480 e. The Morgan fingerprint density at radius 3 is 2.35 bits per heavy atom. The quantitative estimate of drug-likeness (QED) is 0.189. The van der Waals surface area contributed by atoms with Gasteiger partial charge in [0.05, 0.1) is 24.2 Å². The molecule has 0 aliphatic rings. The zero-order valence-electron chi connectivity index (χ0n) is 13.9. The molecule has 1 unspecified atom stereocenters. The third-order valence-corrected chi connectivity index (χ3v) is 3.72. The summed E-state index contributed by atoms with van der Waals surface area (Å²) in [6.07, 6.45) is 0. The van der Waals surface area contributed by atoms with E-state index in [9.17, 15) is 19.2 Å². The van der Waals surface area contributed by atoms with Crippen molar-refractivity contribution >= 4 is 46.3 Å². The molecule has 1 aromatic carbocycles. The van der Waals surface area contributed by atoms with E-state index in [2.05, 4.69) is 16.0 Å². The summed E-state index contributed by atoms with van der Waals surface area (Å²) >= 11 is 1.85. The SMILES string of the molecule is O=C(O)CNC(=O)C(CO[13CH2][13c]1[13cH][13cH][13cH][13cH][13cH]1)NC(=O)CNC(=O)CI. The molecule has 4 N–H and O–H groups in total. The van der Waals surface area contributed by atoms with Crippen molar-refractivity contribution in [1.82, 2.24) is 16.0 Å². The summed E-state index contributed by atoms with van der Waals surface area (Å²) < 4.78 is 5.65. The van der Waals surface area contributed by atoms with Crippen molar-refractivity contribution in [3.63, 3.8) is 0 Å². The third-order valence-electron chi connectivity index (χ3n) is 3.03. The Labute approximate surface area is 164 Å². The molecule has 0 aromatic heterocycles. The van der Waals surface area contributed by atoms with Crippen LogP contribution in [0.5, 0.6) is 0 Å². The van der Waals surface area contributed by atoms with Crippen LogP contribution in [0.1, 0.15) is 5.56 Å². The first-order valence-corrected chi connectivity index (χ1v) is 9.18. The smallest absolute Gasteiger partial charge is 0.322 e. The van der Waals surface area contributed by atoms with Crippen LogP contribution in [-0.2, 0) is 30.5 Å². The number of carboxylic acids is 1. The van der Waals surface area contributed by atoms with Crippen molar-refractivity contribution in [2.45, 2.75) is 12.6 Å². The van der Waals surface area contributed by atoms with E-state index in [0.29, 0.717) is 0 Å². The monoisotopic (exact) mass is 484 g/mol. The topological polar surface area (TPSA) is 134 Å². The van der Waals surface area contributed by atoms with Gasteiger partial charge in [-0.3, -0.25) is 19.2 Å². The lowest BCUT2D eigenvalue weighted by Crippen LogP contribution is -2.52. The molecule has 26 heavy (non-hydrogen) atoms. The van der Waals surface area contributed by atoms with Crippen molar-refractivity contribution < 1.29 is 29.0 Å². The summed E-state index contributed by atoms with van der Waals surface area (Å²) in [5.41, 5.74) is 0.887. The molecule has 1 rings (SSSR count). The average Bonchev–Trinajstić information content (AvgIpc) is 2.64. The van der Waals surface area contributed by atoms with Crippen molar-refractivity contribution in [3.05, 3.63) is 35.9 Å². The predicted octanol–water partition coefficient (Wildman–Crippen LogP) is -0.560. The van der Waals surface area contributed by atoms with Crippen molar-refractivity contribution in [2.75, 3.05) is 24.1 Å². The molecule has 0 saturated heterocycles. The van der Waals surface area contributed by atoms with E-state index in [-0.39, 0.29) is 30.1 Å². The average molecular weight is 484 g/mol. The normalized spacial score (nSPS) is 11.3. The zero-order chi connectivity index (χ0) is 19.4. The lowest BCUT2D eigenvalue weighted by atomic mass is 10.3. The minimum atomic E-state index is -1.21. The molecule has 1 atom stereocenters. The molecule has 1 aromatic rings. The number of aliphatic carboxylic acids is 1. The second-order valence-electron chi connectivity index (χ2n) is 5.14. The van der Waals surface area contributed by atoms with Crippen LogP contribution in [0.15, 0.2) is 30.3 Å². The highest BCUT2D eigenvalue weighted by Gasteiger charge is 2.21. The van der Waals surface area contributed by atoms with Crippen LogP contribution in [0, 0.1) is 0 Å². The summed E-state index contributed by atoms with van der Waals surface area (Å²) in [6, 6.07) is 8.15. The molecule has 0 saturated carbocycles. The highest BCUT2D eigenvalue weighted by atomic mass is 127. The number of carboxylic acid groups (broad SMARTS) is 1. The molecule has 3 amide bonds. The van der Waals surface area contributed by atoms with E-state index in [1.165, 1.54) is 0 Å². The van der Waals surface area contributed by atoms with Gasteiger partial charge in [0.1, 0.15) is 12.6 Å². The first-order chi connectivity index (χ1) is 12.4. The Morgan fingerprint density at radius 2 is 1.73 bits per heavy atom. The molecular formula is C16H20IN3O6. The number of carbonyl (C=O) groups is 4. The summed E-state index contributed by atoms with van der Waals surface area (Å²) in [5, 5.41) is 15.6. The second-order valence-corrected chi connectivity index (χ2v) is 5.91. The van der Waals surface area contributed by atoms with Crippen LogP contribution >= 0.6 is 22.6 Å². The Hall–Kier alpha value is -2.21. The summed E-state index contributed by atoms with van der Waals surface area (Å²) in [4.78, 5) is 45.7. The number of halogens is 1. The zero-order valence-corrected chi connectivity index (χ0v) is 16.0. The molecule has 0 aliphatic carbocycles. The third kappa shape index (κ3) is 9.32. The molecule has 0 aliphatic heterocycles. The highest BCUT2D eigenvalue weighted by Crippen LogP contribution is 2.01. The van der Waals surface area contributed by atoms with Gasteiger partial charge in [-0.1, -0.05) is 52.9 Å². The fraction of sp³-hybridized carbons (Fsp3) is 0.375. The number of carbonyl (C=O) groups excluding carboxylic acids is 3. The molecule has 0 heterocycles. The number of hydrogen-bond acceptors (Lipinski definition) is 5. The number of nitrogens with one attached hydrogen (secondary N) is 3. The van der Waals surface area contributed by atoms with Crippen LogP contribution < -0.4 is 16.0 Å². The fourth-order valence-corrected chi connectivity index (χ4v) is 2.08. The first kappa shape index (κ1) is 21.8. The molecule has 9 nitrogen and oxygen atoms in total. The largest absolute Gasteiger partial charge is 0.480 e. The van der Waals surface area contributed by atoms with Crippen LogP contribution in [0.25, 0.3) is 0 Å². The fourth-order valence-electron chi connectivity index (χ4n) is 1.81. The maximum absolute atomic E-state index is 12.1. The molecule has 0 radical (unpaired) electrons. The van der Waals surface area contributed by atoms with Gasteiger partial charge >= 0.3 is 5.97 Å². The van der Waals surface area contributed by atoms with Gasteiger partial charge in [0.25, 0.3) is 0 Å². The number of benzene rings is 1. The van der Waals surface area contributed by atoms with Gasteiger partial charge in [0.2, 0.25) is 17.7 Å². The molecular weight excluding hydrogens is 464 g/mol. The minimum absolute atomic E-state index is 0.147. The maximum Gasteiger partial charge on any atom is 0.322 e. The molecule has 0 spiro atoms. The van der Waals surface area contributed by atoms with Gasteiger partial charge in [-0.2, -0.15) is 0 Å². The van der Waals surface area contributed by atoms with Crippen molar-refractivity contribution in [1.29, 1.82) is 0 Å². The Balaban J connectivity index is 2.56. The first-order valence-electron chi connectivity index (χ1n) is 7.65. The number of amides is 3. The van der Waals surface area contributed by atoms with Gasteiger partial charge in [-0.05, 0) is 5.56 Å². The van der Waals surface area contributed by atoms with Gasteiger partial charge in [-0.15, -0.1) is 0 Å². The lowest BCUT2D eigenvalue weighted by molar-refractivity contribution is -0.138.